The zero-order valence-corrected chi connectivity index (χ0v) is 29.3. The van der Waals surface area contributed by atoms with E-state index in [1.165, 1.54) is 12.1 Å². The van der Waals surface area contributed by atoms with Crippen LogP contribution in [-0.2, 0) is 14.6 Å². The van der Waals surface area contributed by atoms with Crippen LogP contribution < -0.4 is 20.9 Å². The van der Waals surface area contributed by atoms with Crippen molar-refractivity contribution < 1.29 is 22.8 Å². The first-order valence-corrected chi connectivity index (χ1v) is 18.9. The van der Waals surface area contributed by atoms with Gasteiger partial charge in [-0.15, -0.1) is 10.2 Å². The molecule has 16 heteroatoms. The Labute approximate surface area is 294 Å². The number of pyridine rings is 1. The number of nitrogens with one attached hydrogen (secondary N) is 3. The monoisotopic (exact) mass is 710 g/mol. The van der Waals surface area contributed by atoms with Gasteiger partial charge >= 0.3 is 0 Å². The Morgan fingerprint density at radius 2 is 1.73 bits per heavy atom. The molecule has 1 aromatic carbocycles. The van der Waals surface area contributed by atoms with E-state index < -0.39 is 9.84 Å². The summed E-state index contributed by atoms with van der Waals surface area (Å²) in [5, 5.41) is 22.4. The minimum atomic E-state index is -3.54. The number of aromatic nitrogens is 5. The molecular formula is C35H38N10O5S. The van der Waals surface area contributed by atoms with Crippen molar-refractivity contribution >= 4 is 50.4 Å². The molecule has 4 aliphatic rings. The Hall–Kier alpha value is -5.38. The van der Waals surface area contributed by atoms with Crippen LogP contribution in [0, 0.1) is 5.92 Å². The maximum Gasteiger partial charge on any atom is 0.274 e. The van der Waals surface area contributed by atoms with Crippen molar-refractivity contribution in [2.75, 3.05) is 41.4 Å². The van der Waals surface area contributed by atoms with Crippen LogP contribution in [0.4, 0.5) is 22.9 Å². The summed E-state index contributed by atoms with van der Waals surface area (Å²) >= 11 is 0. The lowest BCUT2D eigenvalue weighted by molar-refractivity contribution is -0.117. The number of para-hydroxylation sites is 1. The van der Waals surface area contributed by atoms with E-state index in [4.69, 9.17) is 5.10 Å². The Balaban J connectivity index is 1.06. The molecule has 2 aliphatic carbocycles. The number of amides is 3. The van der Waals surface area contributed by atoms with Crippen LogP contribution in [0.25, 0.3) is 11.1 Å². The van der Waals surface area contributed by atoms with Crippen molar-refractivity contribution in [2.45, 2.75) is 62.7 Å². The zero-order valence-electron chi connectivity index (χ0n) is 28.5. The van der Waals surface area contributed by atoms with Crippen molar-refractivity contribution in [1.82, 2.24) is 35.2 Å². The van der Waals surface area contributed by atoms with Gasteiger partial charge in [-0.2, -0.15) is 5.10 Å². The number of anilines is 4. The summed E-state index contributed by atoms with van der Waals surface area (Å²) in [5.74, 6) is -0.593. The SMILES string of the molecule is CCS(=O)(=O)c1cccc(C(=O)N2CC(n3ncc4c3[C@@H](C)N(C)c3c(Nc5cc(NC(=O)C6CC6)nnc5C(=O)NC5CC5)cccc3-4)C2)n1. The smallest absolute Gasteiger partial charge is 0.274 e. The van der Waals surface area contributed by atoms with E-state index in [2.05, 4.69) is 43.0 Å². The van der Waals surface area contributed by atoms with Crippen LogP contribution in [0.5, 0.6) is 0 Å². The van der Waals surface area contributed by atoms with Gasteiger partial charge in [0.15, 0.2) is 26.4 Å². The van der Waals surface area contributed by atoms with E-state index in [1.807, 2.05) is 36.1 Å². The standard InChI is InChI=1S/C35H38N10O5S/c1-4-51(49,50)29-10-6-9-26(39-29)35(48)44-17-22(18-44)45-31-19(2)43(3)32-23(24(31)16-36-45)7-5-8-25(32)38-27-15-28(40-33(46)20-11-12-20)41-42-30(27)34(47)37-21-13-14-21/h5-10,15-16,19-22H,4,11-14,17-18H2,1-3H3,(H,37,47)(H2,38,40,41,46)/t19-/m1/s1. The van der Waals surface area contributed by atoms with Gasteiger partial charge < -0.3 is 25.8 Å². The molecule has 3 N–H and O–H groups in total. The molecule has 51 heavy (non-hydrogen) atoms. The number of carbonyl (C=O) groups is 3. The van der Waals surface area contributed by atoms with Crippen LogP contribution in [0.1, 0.15) is 78.3 Å². The molecule has 0 unspecified atom stereocenters. The molecule has 0 spiro atoms. The summed E-state index contributed by atoms with van der Waals surface area (Å²) in [6.07, 6.45) is 5.40. The number of sulfone groups is 1. The lowest BCUT2D eigenvalue weighted by atomic mass is 9.93. The van der Waals surface area contributed by atoms with Gasteiger partial charge in [0.2, 0.25) is 5.91 Å². The Kier molecular flexibility index (Phi) is 8.00. The minimum absolute atomic E-state index is 0.0169. The fourth-order valence-electron chi connectivity index (χ4n) is 6.61. The number of nitrogens with zero attached hydrogens (tertiary/aromatic N) is 7. The highest BCUT2D eigenvalue weighted by Crippen LogP contribution is 2.49. The molecular weight excluding hydrogens is 673 g/mol. The second kappa shape index (κ2) is 12.4. The number of hydrogen-bond donors (Lipinski definition) is 3. The number of hydrogen-bond acceptors (Lipinski definition) is 11. The molecule has 0 radical (unpaired) electrons. The van der Waals surface area contributed by atoms with Gasteiger partial charge in [-0.05, 0) is 50.8 Å². The molecule has 2 saturated carbocycles. The fourth-order valence-corrected chi connectivity index (χ4v) is 7.43. The normalized spacial score (nSPS) is 18.4. The van der Waals surface area contributed by atoms with Crippen LogP contribution in [0.2, 0.25) is 0 Å². The number of carbonyl (C=O) groups excluding carboxylic acids is 3. The lowest BCUT2D eigenvalue weighted by Gasteiger charge is -2.42. The maximum absolute atomic E-state index is 13.3. The van der Waals surface area contributed by atoms with E-state index in [0.29, 0.717) is 18.8 Å². The summed E-state index contributed by atoms with van der Waals surface area (Å²) in [7, 11) is -1.54. The average Bonchev–Trinajstić information content (AvgIpc) is 4.05. The summed E-state index contributed by atoms with van der Waals surface area (Å²) in [6.45, 7) is 4.45. The minimum Gasteiger partial charge on any atom is -0.364 e. The number of likely N-dealkylation sites (tertiary alicyclic amines) is 1. The third-order valence-electron chi connectivity index (χ3n) is 10.0. The fraction of sp³-hybridized carbons (Fsp3) is 0.400. The van der Waals surface area contributed by atoms with E-state index in [-0.39, 0.29) is 69.7 Å². The van der Waals surface area contributed by atoms with Gasteiger partial charge in [0, 0.05) is 49.3 Å². The van der Waals surface area contributed by atoms with Gasteiger partial charge in [0.25, 0.3) is 11.8 Å². The molecule has 8 rings (SSSR count). The quantitative estimate of drug-likeness (QED) is 0.218. The molecule has 3 aromatic heterocycles. The molecule has 1 saturated heterocycles. The third kappa shape index (κ3) is 6.06. The first-order valence-electron chi connectivity index (χ1n) is 17.2. The third-order valence-corrected chi connectivity index (χ3v) is 11.6. The van der Waals surface area contributed by atoms with Crippen LogP contribution in [-0.4, -0.2) is 87.9 Å². The van der Waals surface area contributed by atoms with Gasteiger partial charge in [0.1, 0.15) is 5.69 Å². The molecule has 1 atom stereocenters. The molecule has 4 aromatic rings. The summed E-state index contributed by atoms with van der Waals surface area (Å²) < 4.78 is 26.7. The van der Waals surface area contributed by atoms with Crippen molar-refractivity contribution in [3.63, 3.8) is 0 Å². The van der Waals surface area contributed by atoms with E-state index >= 15 is 0 Å². The van der Waals surface area contributed by atoms with E-state index in [9.17, 15) is 22.8 Å². The van der Waals surface area contributed by atoms with Crippen LogP contribution in [0.15, 0.2) is 53.7 Å². The number of rotatable bonds is 10. The first kappa shape index (κ1) is 32.8. The predicted molar refractivity (Wildman–Crippen MR) is 189 cm³/mol. The highest BCUT2D eigenvalue weighted by molar-refractivity contribution is 7.91. The molecule has 0 bridgehead atoms. The summed E-state index contributed by atoms with van der Waals surface area (Å²) in [5.41, 5.74) is 5.23. The van der Waals surface area contributed by atoms with Gasteiger partial charge in [0.05, 0.1) is 46.8 Å². The molecule has 15 nitrogen and oxygen atoms in total. The maximum atomic E-state index is 13.3. The highest BCUT2D eigenvalue weighted by atomic mass is 32.2. The van der Waals surface area contributed by atoms with Crippen LogP contribution in [0.3, 0.4) is 0 Å². The Morgan fingerprint density at radius 3 is 2.45 bits per heavy atom. The first-order chi connectivity index (χ1) is 24.5. The Morgan fingerprint density at radius 1 is 0.961 bits per heavy atom. The zero-order chi connectivity index (χ0) is 35.6. The molecule has 5 heterocycles. The molecule has 2 aliphatic heterocycles. The second-order valence-electron chi connectivity index (χ2n) is 13.6. The van der Waals surface area contributed by atoms with Crippen LogP contribution >= 0.6 is 0 Å². The number of fused-ring (bicyclic) bond motifs is 3. The van der Waals surface area contributed by atoms with Gasteiger partial charge in [-0.1, -0.05) is 25.1 Å². The largest absolute Gasteiger partial charge is 0.364 e. The predicted octanol–water partition coefficient (Wildman–Crippen LogP) is 3.72. The van der Waals surface area contributed by atoms with E-state index in [1.54, 1.807) is 24.0 Å². The molecule has 264 valence electrons. The summed E-state index contributed by atoms with van der Waals surface area (Å²) in [4.78, 5) is 47.0. The van der Waals surface area contributed by atoms with Gasteiger partial charge in [-0.3, -0.25) is 19.1 Å². The highest BCUT2D eigenvalue weighted by Gasteiger charge is 2.39. The average molecular weight is 711 g/mol. The van der Waals surface area contributed by atoms with Crippen molar-refractivity contribution in [3.05, 3.63) is 65.7 Å². The molecule has 3 amide bonds. The van der Waals surface area contributed by atoms with Crippen molar-refractivity contribution in [1.29, 1.82) is 0 Å². The Bertz CT molecular complexity index is 2190. The van der Waals surface area contributed by atoms with Crippen molar-refractivity contribution in [2.24, 2.45) is 5.92 Å². The lowest BCUT2D eigenvalue weighted by Crippen LogP contribution is -2.52. The molecule has 3 fully saturated rings. The second-order valence-corrected chi connectivity index (χ2v) is 15.9. The van der Waals surface area contributed by atoms with Crippen molar-refractivity contribution in [3.8, 4) is 11.1 Å². The topological polar surface area (TPSA) is 184 Å². The van der Waals surface area contributed by atoms with Gasteiger partial charge in [-0.25, -0.2) is 13.4 Å². The van der Waals surface area contributed by atoms with E-state index in [0.717, 1.165) is 53.9 Å². The number of benzene rings is 1. The summed E-state index contributed by atoms with van der Waals surface area (Å²) in [6, 6.07) is 12.0.